The van der Waals surface area contributed by atoms with Crippen molar-refractivity contribution >= 4 is 15.9 Å². The molecule has 0 heterocycles. The third kappa shape index (κ3) is 5.25. The summed E-state index contributed by atoms with van der Waals surface area (Å²) in [5.41, 5.74) is 0. The van der Waals surface area contributed by atoms with E-state index in [2.05, 4.69) is 36.7 Å². The van der Waals surface area contributed by atoms with Crippen LogP contribution in [0.3, 0.4) is 0 Å². The van der Waals surface area contributed by atoms with Gasteiger partial charge in [0, 0.05) is 11.9 Å². The number of hydrogen-bond acceptors (Lipinski definition) is 3. The minimum absolute atomic E-state index is 0.180. The minimum atomic E-state index is 0.180. The van der Waals surface area contributed by atoms with Gasteiger partial charge >= 0.3 is 0 Å². The van der Waals surface area contributed by atoms with Crippen molar-refractivity contribution in [2.45, 2.75) is 56.8 Å². The predicted octanol–water partition coefficient (Wildman–Crippen LogP) is 3.01. The van der Waals surface area contributed by atoms with Gasteiger partial charge in [-0.3, -0.25) is 0 Å². The Morgan fingerprint density at radius 2 is 1.94 bits per heavy atom. The fraction of sp³-hybridized carbons (Fsp3) is 1.00. The molecular formula is C13H25BrO3. The average molecular weight is 309 g/mol. The Morgan fingerprint density at radius 3 is 2.47 bits per heavy atom. The second-order valence-electron chi connectivity index (χ2n) is 5.19. The van der Waals surface area contributed by atoms with Crippen LogP contribution in [0.5, 0.6) is 0 Å². The number of methoxy groups -OCH3 is 1. The lowest BCUT2D eigenvalue weighted by Gasteiger charge is -2.42. The van der Waals surface area contributed by atoms with E-state index in [0.717, 1.165) is 12.8 Å². The Labute approximate surface area is 113 Å². The third-order valence-corrected chi connectivity index (χ3v) is 3.88. The highest BCUT2D eigenvalue weighted by molar-refractivity contribution is 9.09. The molecule has 0 N–H and O–H groups in total. The predicted molar refractivity (Wildman–Crippen MR) is 72.7 cm³/mol. The largest absolute Gasteiger partial charge is 0.382 e. The summed E-state index contributed by atoms with van der Waals surface area (Å²) in [5, 5.41) is 0. The second kappa shape index (κ2) is 7.72. The van der Waals surface area contributed by atoms with Gasteiger partial charge in [-0.2, -0.15) is 0 Å². The van der Waals surface area contributed by atoms with Crippen LogP contribution in [0, 0.1) is 5.92 Å². The fourth-order valence-corrected chi connectivity index (χ4v) is 3.02. The van der Waals surface area contributed by atoms with Gasteiger partial charge in [-0.1, -0.05) is 29.8 Å². The van der Waals surface area contributed by atoms with Crippen molar-refractivity contribution in [2.75, 3.05) is 20.3 Å². The van der Waals surface area contributed by atoms with Crippen molar-refractivity contribution < 1.29 is 14.2 Å². The lowest BCUT2D eigenvalue weighted by atomic mass is 9.91. The summed E-state index contributed by atoms with van der Waals surface area (Å²) >= 11 is 3.61. The molecule has 4 atom stereocenters. The van der Waals surface area contributed by atoms with Gasteiger partial charge < -0.3 is 14.2 Å². The van der Waals surface area contributed by atoms with E-state index in [0.29, 0.717) is 30.1 Å². The van der Waals surface area contributed by atoms with E-state index in [1.807, 2.05) is 0 Å². The van der Waals surface area contributed by atoms with Crippen LogP contribution >= 0.6 is 15.9 Å². The molecule has 1 aliphatic rings. The highest BCUT2D eigenvalue weighted by atomic mass is 79.9. The Morgan fingerprint density at radius 1 is 1.24 bits per heavy atom. The van der Waals surface area contributed by atoms with Crippen LogP contribution in [-0.4, -0.2) is 43.5 Å². The minimum Gasteiger partial charge on any atom is -0.382 e. The molecule has 1 rings (SSSR count). The van der Waals surface area contributed by atoms with Crippen molar-refractivity contribution in [3.63, 3.8) is 0 Å². The van der Waals surface area contributed by atoms with Gasteiger partial charge in [-0.25, -0.2) is 0 Å². The van der Waals surface area contributed by atoms with Crippen molar-refractivity contribution in [1.29, 1.82) is 0 Å². The maximum Gasteiger partial charge on any atom is 0.0963 e. The lowest BCUT2D eigenvalue weighted by Crippen LogP contribution is -2.52. The summed E-state index contributed by atoms with van der Waals surface area (Å²) in [6, 6.07) is 0. The zero-order chi connectivity index (χ0) is 12.8. The Balaban J connectivity index is 2.23. The summed E-state index contributed by atoms with van der Waals surface area (Å²) in [6.45, 7) is 7.88. The summed E-state index contributed by atoms with van der Waals surface area (Å²) in [5.74, 6) is 0.678. The summed E-state index contributed by atoms with van der Waals surface area (Å²) in [7, 11) is 1.69. The van der Waals surface area contributed by atoms with Crippen LogP contribution in [-0.2, 0) is 14.2 Å². The number of rotatable bonds is 8. The zero-order valence-electron chi connectivity index (χ0n) is 11.3. The molecule has 4 heteroatoms. The topological polar surface area (TPSA) is 27.7 Å². The maximum atomic E-state index is 6.02. The van der Waals surface area contributed by atoms with Gasteiger partial charge in [0.05, 0.1) is 31.5 Å². The van der Waals surface area contributed by atoms with Gasteiger partial charge in [-0.05, 0) is 25.7 Å². The highest BCUT2D eigenvalue weighted by Crippen LogP contribution is 2.34. The molecule has 0 aromatic carbocycles. The number of alkyl halides is 1. The Hall–Kier alpha value is 0.360. The molecule has 0 bridgehead atoms. The number of halogens is 1. The molecular weight excluding hydrogens is 284 g/mol. The molecule has 0 radical (unpaired) electrons. The molecule has 3 nitrogen and oxygen atoms in total. The zero-order valence-corrected chi connectivity index (χ0v) is 12.9. The first-order chi connectivity index (χ1) is 8.04. The van der Waals surface area contributed by atoms with E-state index in [1.165, 1.54) is 0 Å². The standard InChI is InChI=1S/C13H25BrO3/c1-9(2)7-10(3)17-12-8-11(14)13(12)16-6-5-15-4/h9-13H,5-8H2,1-4H3. The summed E-state index contributed by atoms with van der Waals surface area (Å²) < 4.78 is 16.8. The van der Waals surface area contributed by atoms with Gasteiger partial charge in [0.1, 0.15) is 0 Å². The van der Waals surface area contributed by atoms with E-state index < -0.39 is 0 Å². The molecule has 102 valence electrons. The van der Waals surface area contributed by atoms with Crippen molar-refractivity contribution in [3.05, 3.63) is 0 Å². The first kappa shape index (κ1) is 15.4. The SMILES string of the molecule is COCCOC1C(Br)CC1OC(C)CC(C)C. The van der Waals surface area contributed by atoms with E-state index in [9.17, 15) is 0 Å². The highest BCUT2D eigenvalue weighted by Gasteiger charge is 2.42. The fourth-order valence-electron chi connectivity index (χ4n) is 2.16. The van der Waals surface area contributed by atoms with Gasteiger partial charge in [0.2, 0.25) is 0 Å². The van der Waals surface area contributed by atoms with Crippen LogP contribution in [0.2, 0.25) is 0 Å². The van der Waals surface area contributed by atoms with Gasteiger partial charge in [-0.15, -0.1) is 0 Å². The molecule has 1 aliphatic carbocycles. The molecule has 0 aliphatic heterocycles. The van der Waals surface area contributed by atoms with Crippen molar-refractivity contribution in [1.82, 2.24) is 0 Å². The van der Waals surface area contributed by atoms with Crippen molar-refractivity contribution in [2.24, 2.45) is 5.92 Å². The average Bonchev–Trinajstić information content (AvgIpc) is 2.22. The van der Waals surface area contributed by atoms with Crippen LogP contribution in [0.25, 0.3) is 0 Å². The molecule has 17 heavy (non-hydrogen) atoms. The number of hydrogen-bond donors (Lipinski definition) is 0. The smallest absolute Gasteiger partial charge is 0.0963 e. The first-order valence-electron chi connectivity index (χ1n) is 6.44. The second-order valence-corrected chi connectivity index (χ2v) is 6.37. The maximum absolute atomic E-state index is 6.02. The van der Waals surface area contributed by atoms with E-state index >= 15 is 0 Å². The third-order valence-electron chi connectivity index (χ3n) is 2.99. The molecule has 1 fully saturated rings. The van der Waals surface area contributed by atoms with Crippen molar-refractivity contribution in [3.8, 4) is 0 Å². The van der Waals surface area contributed by atoms with Crippen LogP contribution in [0.15, 0.2) is 0 Å². The number of ether oxygens (including phenoxy) is 3. The Kier molecular flexibility index (Phi) is 7.00. The Bertz CT molecular complexity index is 211. The summed E-state index contributed by atoms with van der Waals surface area (Å²) in [6.07, 6.45) is 2.88. The normalized spacial score (nSPS) is 30.4. The quantitative estimate of drug-likeness (QED) is 0.509. The molecule has 0 saturated heterocycles. The molecule has 1 saturated carbocycles. The molecule has 0 amide bonds. The van der Waals surface area contributed by atoms with Gasteiger partial charge in [0.25, 0.3) is 0 Å². The van der Waals surface area contributed by atoms with Gasteiger partial charge in [0.15, 0.2) is 0 Å². The van der Waals surface area contributed by atoms with Crippen LogP contribution < -0.4 is 0 Å². The van der Waals surface area contributed by atoms with Crippen LogP contribution in [0.1, 0.15) is 33.6 Å². The van der Waals surface area contributed by atoms with Crippen LogP contribution in [0.4, 0.5) is 0 Å². The molecule has 0 aromatic heterocycles. The molecule has 4 unspecified atom stereocenters. The van der Waals surface area contributed by atoms with E-state index in [-0.39, 0.29) is 12.2 Å². The van der Waals surface area contributed by atoms with E-state index in [1.54, 1.807) is 7.11 Å². The lowest BCUT2D eigenvalue weighted by molar-refractivity contribution is -0.148. The molecule has 0 spiro atoms. The first-order valence-corrected chi connectivity index (χ1v) is 7.36. The summed E-state index contributed by atoms with van der Waals surface area (Å²) in [4.78, 5) is 0.426. The molecule has 0 aromatic rings. The van der Waals surface area contributed by atoms with E-state index in [4.69, 9.17) is 14.2 Å². The monoisotopic (exact) mass is 308 g/mol.